The molecule has 5 rings (SSSR count). The summed E-state index contributed by atoms with van der Waals surface area (Å²) in [6.45, 7) is 8.63. The van der Waals surface area contributed by atoms with Crippen molar-refractivity contribution in [2.75, 3.05) is 6.79 Å². The molecule has 0 N–H and O–H groups in total. The van der Waals surface area contributed by atoms with Crippen LogP contribution in [-0.2, 0) is 13.1 Å². The van der Waals surface area contributed by atoms with Crippen LogP contribution in [0.5, 0.6) is 11.5 Å². The molecule has 8 heteroatoms. The highest BCUT2D eigenvalue weighted by molar-refractivity contribution is 7.18. The van der Waals surface area contributed by atoms with Gasteiger partial charge in [0.2, 0.25) is 6.79 Å². The van der Waals surface area contributed by atoms with Crippen molar-refractivity contribution in [1.82, 2.24) is 14.1 Å². The quantitative estimate of drug-likeness (QED) is 0.428. The monoisotopic (exact) mass is 449 g/mol. The molecular formula is C24H23N3O4S. The third-order valence-electron chi connectivity index (χ3n) is 6.12. The van der Waals surface area contributed by atoms with Gasteiger partial charge in [0.25, 0.3) is 5.56 Å². The van der Waals surface area contributed by atoms with E-state index in [1.165, 1.54) is 22.2 Å². The van der Waals surface area contributed by atoms with E-state index in [9.17, 15) is 9.59 Å². The first-order valence-electron chi connectivity index (χ1n) is 10.4. The van der Waals surface area contributed by atoms with Crippen LogP contribution in [0, 0.1) is 27.7 Å². The molecule has 0 unspecified atom stereocenters. The molecule has 7 nitrogen and oxygen atoms in total. The van der Waals surface area contributed by atoms with Crippen LogP contribution in [0.4, 0.5) is 0 Å². The van der Waals surface area contributed by atoms with Gasteiger partial charge < -0.3 is 14.0 Å². The number of hydrogen-bond acceptors (Lipinski definition) is 6. The van der Waals surface area contributed by atoms with Crippen LogP contribution in [0.25, 0.3) is 10.2 Å². The zero-order valence-corrected chi connectivity index (χ0v) is 19.2. The average molecular weight is 450 g/mol. The number of ketones is 1. The van der Waals surface area contributed by atoms with Crippen LogP contribution in [0.2, 0.25) is 0 Å². The lowest BCUT2D eigenvalue weighted by atomic mass is 10.1. The Labute approximate surface area is 188 Å². The van der Waals surface area contributed by atoms with E-state index < -0.39 is 0 Å². The lowest BCUT2D eigenvalue weighted by Crippen LogP contribution is -2.25. The Balaban J connectivity index is 1.43. The lowest BCUT2D eigenvalue weighted by Gasteiger charge is -2.11. The third-order valence-corrected chi connectivity index (χ3v) is 7.24. The Hall–Kier alpha value is -3.39. The summed E-state index contributed by atoms with van der Waals surface area (Å²) >= 11 is 1.50. The Morgan fingerprint density at radius 3 is 2.72 bits per heavy atom. The molecule has 0 saturated carbocycles. The van der Waals surface area contributed by atoms with Gasteiger partial charge >= 0.3 is 0 Å². The van der Waals surface area contributed by atoms with Crippen LogP contribution in [0.15, 0.2) is 35.4 Å². The van der Waals surface area contributed by atoms with E-state index in [0.29, 0.717) is 17.5 Å². The predicted molar refractivity (Wildman–Crippen MR) is 123 cm³/mol. The van der Waals surface area contributed by atoms with E-state index in [4.69, 9.17) is 9.47 Å². The number of aromatic nitrogens is 3. The predicted octanol–water partition coefficient (Wildman–Crippen LogP) is 4.15. The first-order valence-corrected chi connectivity index (χ1v) is 11.2. The largest absolute Gasteiger partial charge is 0.454 e. The Bertz CT molecular complexity index is 1440. The fraction of sp³-hybridized carbons (Fsp3) is 0.292. The van der Waals surface area contributed by atoms with Crippen molar-refractivity contribution >= 4 is 27.3 Å². The molecule has 0 saturated heterocycles. The number of Topliss-reactive ketones (excluding diaryl/α,β-unsaturated/α-hetero) is 1. The summed E-state index contributed by atoms with van der Waals surface area (Å²) in [5.74, 6) is 1.38. The third kappa shape index (κ3) is 3.31. The van der Waals surface area contributed by atoms with Gasteiger partial charge in [0, 0.05) is 28.4 Å². The first-order chi connectivity index (χ1) is 15.3. The molecule has 4 heterocycles. The molecule has 1 aliphatic rings. The second-order valence-corrected chi connectivity index (χ2v) is 9.33. The number of hydrogen-bond donors (Lipinski definition) is 0. The van der Waals surface area contributed by atoms with E-state index in [1.54, 1.807) is 0 Å². The number of ether oxygens (including phenoxy) is 2. The van der Waals surface area contributed by atoms with Crippen molar-refractivity contribution < 1.29 is 14.3 Å². The molecule has 4 aromatic rings. The maximum atomic E-state index is 13.1. The minimum atomic E-state index is -0.167. The van der Waals surface area contributed by atoms with E-state index in [-0.39, 0.29) is 24.7 Å². The van der Waals surface area contributed by atoms with E-state index in [0.717, 1.165) is 43.7 Å². The summed E-state index contributed by atoms with van der Waals surface area (Å²) < 4.78 is 14.4. The van der Waals surface area contributed by atoms with Crippen molar-refractivity contribution in [3.05, 3.63) is 73.9 Å². The standard InChI is InChI=1S/C24H23N3O4S/c1-13-7-18(15(3)27(13)9-17-5-6-20-21(8-17)31-12-30-20)19(28)10-26-11-25-23-22(24(26)29)14(2)16(4)32-23/h5-8,11H,9-10,12H2,1-4H3. The lowest BCUT2D eigenvalue weighted by molar-refractivity contribution is 0.0970. The van der Waals surface area contributed by atoms with Crippen LogP contribution in [-0.4, -0.2) is 26.7 Å². The van der Waals surface area contributed by atoms with Gasteiger partial charge in [-0.15, -0.1) is 11.3 Å². The molecular weight excluding hydrogens is 426 g/mol. The number of thiophene rings is 1. The number of nitrogens with zero attached hydrogens (tertiary/aromatic N) is 3. The Morgan fingerprint density at radius 2 is 1.91 bits per heavy atom. The van der Waals surface area contributed by atoms with Gasteiger partial charge in [-0.3, -0.25) is 14.2 Å². The number of carbonyl (C=O) groups excluding carboxylic acids is 1. The molecule has 0 radical (unpaired) electrons. The van der Waals surface area contributed by atoms with Crippen molar-refractivity contribution in [3.63, 3.8) is 0 Å². The minimum absolute atomic E-state index is 0.0373. The highest BCUT2D eigenvalue weighted by Crippen LogP contribution is 2.33. The van der Waals surface area contributed by atoms with E-state index in [1.807, 2.05) is 52.0 Å². The second kappa shape index (κ2) is 7.63. The molecule has 0 aliphatic carbocycles. The Morgan fingerprint density at radius 1 is 1.12 bits per heavy atom. The number of benzene rings is 1. The topological polar surface area (TPSA) is 75.3 Å². The molecule has 164 valence electrons. The van der Waals surface area contributed by atoms with Crippen molar-refractivity contribution in [1.29, 1.82) is 0 Å². The highest BCUT2D eigenvalue weighted by Gasteiger charge is 2.20. The molecule has 0 atom stereocenters. The smallest absolute Gasteiger partial charge is 0.262 e. The van der Waals surface area contributed by atoms with Gasteiger partial charge in [-0.05, 0) is 57.0 Å². The van der Waals surface area contributed by atoms with Crippen LogP contribution >= 0.6 is 11.3 Å². The average Bonchev–Trinajstić information content (AvgIpc) is 3.42. The summed E-state index contributed by atoms with van der Waals surface area (Å²) in [4.78, 5) is 32.3. The summed E-state index contributed by atoms with van der Waals surface area (Å²) in [5.41, 5.74) is 4.30. The van der Waals surface area contributed by atoms with Crippen molar-refractivity contribution in [2.24, 2.45) is 0 Å². The molecule has 0 fully saturated rings. The summed E-state index contributed by atoms with van der Waals surface area (Å²) in [6, 6.07) is 7.76. The van der Waals surface area contributed by atoms with Crippen molar-refractivity contribution in [2.45, 2.75) is 40.8 Å². The molecule has 0 bridgehead atoms. The zero-order chi connectivity index (χ0) is 22.6. The maximum Gasteiger partial charge on any atom is 0.262 e. The Kier molecular flexibility index (Phi) is 4.89. The second-order valence-electron chi connectivity index (χ2n) is 8.12. The van der Waals surface area contributed by atoms with Crippen LogP contribution in [0.1, 0.15) is 37.7 Å². The summed E-state index contributed by atoms with van der Waals surface area (Å²) in [5, 5.41) is 0.607. The molecule has 32 heavy (non-hydrogen) atoms. The summed E-state index contributed by atoms with van der Waals surface area (Å²) in [7, 11) is 0. The SMILES string of the molecule is Cc1sc2ncn(CC(=O)c3cc(C)n(Cc4ccc5c(c4)OCO5)c3C)c(=O)c2c1C. The maximum absolute atomic E-state index is 13.1. The number of aryl methyl sites for hydroxylation is 3. The normalized spacial score (nSPS) is 12.6. The molecule has 0 amide bonds. The van der Waals surface area contributed by atoms with Gasteiger partial charge in [-0.1, -0.05) is 6.07 Å². The van der Waals surface area contributed by atoms with Gasteiger partial charge in [-0.2, -0.15) is 0 Å². The molecule has 1 aromatic carbocycles. The van der Waals surface area contributed by atoms with E-state index >= 15 is 0 Å². The minimum Gasteiger partial charge on any atom is -0.454 e. The molecule has 0 spiro atoms. The van der Waals surface area contributed by atoms with Gasteiger partial charge in [0.15, 0.2) is 17.3 Å². The van der Waals surface area contributed by atoms with Crippen LogP contribution in [0.3, 0.4) is 0 Å². The van der Waals surface area contributed by atoms with Gasteiger partial charge in [-0.25, -0.2) is 4.98 Å². The molecule has 3 aromatic heterocycles. The molecule has 1 aliphatic heterocycles. The zero-order valence-electron chi connectivity index (χ0n) is 18.4. The number of rotatable bonds is 5. The van der Waals surface area contributed by atoms with Gasteiger partial charge in [0.1, 0.15) is 4.83 Å². The highest BCUT2D eigenvalue weighted by atomic mass is 32.1. The fourth-order valence-electron chi connectivity index (χ4n) is 4.17. The van der Waals surface area contributed by atoms with Crippen molar-refractivity contribution in [3.8, 4) is 11.5 Å². The fourth-order valence-corrected chi connectivity index (χ4v) is 5.16. The van der Waals surface area contributed by atoms with Crippen LogP contribution < -0.4 is 15.0 Å². The van der Waals surface area contributed by atoms with Gasteiger partial charge in [0.05, 0.1) is 18.3 Å². The first kappa shape index (κ1) is 20.5. The number of carbonyl (C=O) groups is 1. The van der Waals surface area contributed by atoms with E-state index in [2.05, 4.69) is 9.55 Å². The summed E-state index contributed by atoms with van der Waals surface area (Å²) in [6.07, 6.45) is 1.48. The number of fused-ring (bicyclic) bond motifs is 2.